The molecule has 0 aliphatic rings. The third-order valence-corrected chi connectivity index (χ3v) is 2.92. The molecule has 0 unspecified atom stereocenters. The van der Waals surface area contributed by atoms with Crippen LogP contribution in [0.15, 0.2) is 16.6 Å². The van der Waals surface area contributed by atoms with Crippen molar-refractivity contribution in [3.8, 4) is 0 Å². The quantitative estimate of drug-likeness (QED) is 0.446. The molecule has 96 valence electrons. The number of hydrogen-bond acceptors (Lipinski definition) is 2. The molecule has 2 radical (unpaired) electrons. The minimum absolute atomic E-state index is 0.00704. The Morgan fingerprint density at radius 1 is 1.47 bits per heavy atom. The summed E-state index contributed by atoms with van der Waals surface area (Å²) in [4.78, 5) is 14.3. The number of allylic oxidation sites excluding steroid dienone is 1. The van der Waals surface area contributed by atoms with E-state index in [1.54, 1.807) is 0 Å². The van der Waals surface area contributed by atoms with Gasteiger partial charge in [0.05, 0.1) is 0 Å². The Labute approximate surface area is 107 Å². The Balaban J connectivity index is 4.43. The Bertz CT molecular complexity index is 350. The van der Waals surface area contributed by atoms with Gasteiger partial charge in [-0.2, -0.15) is 0 Å². The van der Waals surface area contributed by atoms with Gasteiger partial charge in [0, 0.05) is 0 Å². The van der Waals surface area contributed by atoms with Crippen LogP contribution in [0.2, 0.25) is 4.20 Å². The van der Waals surface area contributed by atoms with Gasteiger partial charge in [0.15, 0.2) is 0 Å². The molecule has 4 nitrogen and oxygen atoms in total. The van der Waals surface area contributed by atoms with Crippen molar-refractivity contribution in [2.24, 2.45) is 10.7 Å². The van der Waals surface area contributed by atoms with Crippen LogP contribution in [-0.4, -0.2) is 40.3 Å². The molecule has 0 rings (SSSR count). The van der Waals surface area contributed by atoms with Gasteiger partial charge in [-0.25, -0.2) is 0 Å². The Hall–Kier alpha value is -0.902. The van der Waals surface area contributed by atoms with E-state index in [9.17, 15) is 13.6 Å². The molecular weight excluding hydrogens is 293 g/mol. The van der Waals surface area contributed by atoms with Crippen LogP contribution in [-0.2, 0) is 4.79 Å². The van der Waals surface area contributed by atoms with Gasteiger partial charge in [0.1, 0.15) is 0 Å². The number of aliphatic carboxylic acids is 1. The Morgan fingerprint density at radius 3 is 2.41 bits per heavy atom. The van der Waals surface area contributed by atoms with Gasteiger partial charge >= 0.3 is 107 Å². The first kappa shape index (κ1) is 16.1. The summed E-state index contributed by atoms with van der Waals surface area (Å²) in [6.45, 7) is 2.45. The summed E-state index contributed by atoms with van der Waals surface area (Å²) < 4.78 is 25.2. The Kier molecular flexibility index (Phi) is 6.38. The third-order valence-electron chi connectivity index (χ3n) is 2.05. The standard InChI is InChI=1S/C10H15AsF2N2O2/c1-6(14)15-5-8(13)7(12)3-4-10(2,11)9(16)17/h3-5H2,1-2H3,(H2,14,15)(H,16,17)/b8-7-/t10-/m1/s1. The first-order valence-corrected chi connectivity index (χ1v) is 5.86. The second-order valence-corrected chi connectivity index (χ2v) is 5.92. The zero-order chi connectivity index (χ0) is 13.6. The molecule has 0 spiro atoms. The minimum atomic E-state index is -1.14. The van der Waals surface area contributed by atoms with Crippen LogP contribution < -0.4 is 5.73 Å². The molecule has 0 aliphatic heterocycles. The van der Waals surface area contributed by atoms with Gasteiger partial charge in [-0.15, -0.1) is 0 Å². The number of amidine groups is 1. The average molecular weight is 308 g/mol. The normalized spacial score (nSPS) is 17.4. The molecule has 0 fully saturated rings. The maximum atomic E-state index is 13.2. The van der Waals surface area contributed by atoms with Crippen LogP contribution in [0.25, 0.3) is 0 Å². The van der Waals surface area contributed by atoms with Crippen LogP contribution in [0, 0.1) is 0 Å². The summed E-state index contributed by atoms with van der Waals surface area (Å²) in [5.74, 6) is -2.89. The number of carboxylic acids is 1. The van der Waals surface area contributed by atoms with Crippen LogP contribution >= 0.6 is 0 Å². The number of carbonyl (C=O) groups is 1. The Morgan fingerprint density at radius 2 is 2.00 bits per heavy atom. The van der Waals surface area contributed by atoms with E-state index in [2.05, 4.69) is 4.99 Å². The van der Waals surface area contributed by atoms with E-state index in [1.807, 2.05) is 16.9 Å². The zero-order valence-corrected chi connectivity index (χ0v) is 11.6. The van der Waals surface area contributed by atoms with Crippen molar-refractivity contribution < 1.29 is 18.7 Å². The molecule has 3 N–H and O–H groups in total. The van der Waals surface area contributed by atoms with Crippen molar-refractivity contribution in [2.45, 2.75) is 30.9 Å². The second-order valence-electron chi connectivity index (χ2n) is 3.85. The van der Waals surface area contributed by atoms with E-state index in [1.165, 1.54) is 13.8 Å². The average Bonchev–Trinajstić information content (AvgIpc) is 2.22. The summed E-state index contributed by atoms with van der Waals surface area (Å²) in [6, 6.07) is 0. The van der Waals surface area contributed by atoms with Gasteiger partial charge in [0.25, 0.3) is 0 Å². The number of nitrogens with two attached hydrogens (primary N) is 1. The maximum absolute atomic E-state index is 13.2. The molecule has 1 atom stereocenters. The number of rotatable bonds is 6. The summed E-state index contributed by atoms with van der Waals surface area (Å²) >= 11 is 1.95. The van der Waals surface area contributed by atoms with Gasteiger partial charge in [0.2, 0.25) is 0 Å². The van der Waals surface area contributed by atoms with Crippen molar-refractivity contribution >= 4 is 28.7 Å². The van der Waals surface area contributed by atoms with E-state index < -0.39 is 28.4 Å². The molecule has 0 bridgehead atoms. The van der Waals surface area contributed by atoms with Gasteiger partial charge in [-0.3, -0.25) is 0 Å². The number of aliphatic imine (C=N–C) groups is 1. The molecule has 0 saturated heterocycles. The molecular formula is C10H15AsF2N2O2. The van der Waals surface area contributed by atoms with E-state index in [-0.39, 0.29) is 18.7 Å². The van der Waals surface area contributed by atoms with Crippen LogP contribution in [0.3, 0.4) is 0 Å². The van der Waals surface area contributed by atoms with Crippen molar-refractivity contribution in [1.29, 1.82) is 0 Å². The number of halogens is 2. The topological polar surface area (TPSA) is 75.7 Å². The van der Waals surface area contributed by atoms with Gasteiger partial charge in [-0.05, 0) is 0 Å². The van der Waals surface area contributed by atoms with E-state index in [0.29, 0.717) is 0 Å². The predicted octanol–water partition coefficient (Wildman–Crippen LogP) is 1.73. The number of nitrogens with zero attached hydrogens (tertiary/aromatic N) is 1. The van der Waals surface area contributed by atoms with Crippen LogP contribution in [0.5, 0.6) is 0 Å². The van der Waals surface area contributed by atoms with E-state index >= 15 is 0 Å². The molecule has 0 amide bonds. The molecule has 0 aromatic carbocycles. The zero-order valence-electron chi connectivity index (χ0n) is 9.70. The van der Waals surface area contributed by atoms with Gasteiger partial charge in [-0.1, -0.05) is 0 Å². The number of carboxylic acid groups (broad SMARTS) is 1. The fourth-order valence-corrected chi connectivity index (χ4v) is 1.11. The SMILES string of the molecule is CC(N)=NC/C(F)=C(/F)CC[C@@](C)([As])C(=O)O. The first-order valence-electron chi connectivity index (χ1n) is 4.92. The van der Waals surface area contributed by atoms with Crippen molar-refractivity contribution in [3.05, 3.63) is 11.7 Å². The molecule has 0 aromatic heterocycles. The van der Waals surface area contributed by atoms with Crippen LogP contribution in [0.1, 0.15) is 26.7 Å². The summed E-state index contributed by atoms with van der Waals surface area (Å²) in [5.41, 5.74) is 5.18. The van der Waals surface area contributed by atoms with Crippen molar-refractivity contribution in [3.63, 3.8) is 0 Å². The molecule has 0 saturated carbocycles. The fraction of sp³-hybridized carbons (Fsp3) is 0.600. The molecule has 0 aliphatic carbocycles. The molecule has 7 heteroatoms. The monoisotopic (exact) mass is 308 g/mol. The summed E-state index contributed by atoms with van der Waals surface area (Å²) in [7, 11) is 0. The van der Waals surface area contributed by atoms with Crippen molar-refractivity contribution in [1.82, 2.24) is 0 Å². The third kappa shape index (κ3) is 6.41. The van der Waals surface area contributed by atoms with Crippen molar-refractivity contribution in [2.75, 3.05) is 6.54 Å². The fourth-order valence-electron chi connectivity index (χ4n) is 0.876. The molecule has 0 heterocycles. The van der Waals surface area contributed by atoms with Crippen LogP contribution in [0.4, 0.5) is 8.78 Å². The molecule has 0 aromatic rings. The van der Waals surface area contributed by atoms with E-state index in [4.69, 9.17) is 10.8 Å². The summed E-state index contributed by atoms with van der Waals surface area (Å²) in [5, 5.41) is 8.78. The first-order chi connectivity index (χ1) is 7.66. The second kappa shape index (κ2) is 6.74. The van der Waals surface area contributed by atoms with E-state index in [0.717, 1.165) is 0 Å². The molecule has 17 heavy (non-hydrogen) atoms. The van der Waals surface area contributed by atoms with Gasteiger partial charge < -0.3 is 0 Å². The summed E-state index contributed by atoms with van der Waals surface area (Å²) in [6.07, 6.45) is -0.282. The number of hydrogen-bond donors (Lipinski definition) is 2. The predicted molar refractivity (Wildman–Crippen MR) is 62.4 cm³/mol.